The van der Waals surface area contributed by atoms with E-state index in [1.807, 2.05) is 30.3 Å². The van der Waals surface area contributed by atoms with Crippen LogP contribution in [0.2, 0.25) is 0 Å². The van der Waals surface area contributed by atoms with Gasteiger partial charge in [-0.1, -0.05) is 176 Å². The molecule has 0 aliphatic rings. The lowest BCUT2D eigenvalue weighted by atomic mass is 9.98. The average molecular weight is 723 g/mol. The second-order valence-electron chi connectivity index (χ2n) is 13.5. The van der Waals surface area contributed by atoms with Gasteiger partial charge < -0.3 is 9.47 Å². The Labute approximate surface area is 339 Å². The van der Waals surface area contributed by atoms with Crippen LogP contribution in [0.4, 0.5) is 17.1 Å². The van der Waals surface area contributed by atoms with Crippen molar-refractivity contribution in [3.05, 3.63) is 230 Å². The zero-order valence-electron chi connectivity index (χ0n) is 38.2. The van der Waals surface area contributed by atoms with E-state index in [0.29, 0.717) is 16.8 Å². The van der Waals surface area contributed by atoms with E-state index in [1.165, 1.54) is 15.7 Å². The normalized spacial score (nSPS) is 13.2. The Balaban J connectivity index is 1.08. The third-order valence-electron chi connectivity index (χ3n) is 10.2. The van der Waals surface area contributed by atoms with Crippen LogP contribution in [0.1, 0.15) is 11.0 Å². The maximum absolute atomic E-state index is 9.33. The Morgan fingerprint density at radius 2 is 0.696 bits per heavy atom. The van der Waals surface area contributed by atoms with Gasteiger partial charge in [0, 0.05) is 33.4 Å². The molecule has 0 aliphatic carbocycles. The fourth-order valence-corrected chi connectivity index (χ4v) is 7.44. The molecular formula is C54H38N2. The zero-order valence-corrected chi connectivity index (χ0v) is 30.2. The lowest BCUT2D eigenvalue weighted by molar-refractivity contribution is 1.18. The van der Waals surface area contributed by atoms with Gasteiger partial charge in [-0.15, -0.1) is 0 Å². The number of hydrogen-bond donors (Lipinski definition) is 0. The van der Waals surface area contributed by atoms with Crippen LogP contribution >= 0.6 is 0 Å². The van der Waals surface area contributed by atoms with Crippen LogP contribution in [0.25, 0.3) is 72.0 Å². The Morgan fingerprint density at radius 3 is 1.21 bits per heavy atom. The highest BCUT2D eigenvalue weighted by atomic mass is 15.1. The smallest absolute Gasteiger partial charge is 0.0645 e. The molecule has 1 heterocycles. The van der Waals surface area contributed by atoms with E-state index in [9.17, 15) is 5.48 Å². The van der Waals surface area contributed by atoms with Crippen LogP contribution in [-0.4, -0.2) is 4.57 Å². The molecule has 0 bridgehead atoms. The summed E-state index contributed by atoms with van der Waals surface area (Å²) in [6.07, 6.45) is 0. The second kappa shape index (κ2) is 14.4. The molecule has 0 unspecified atom stereocenters. The predicted octanol–water partition coefficient (Wildman–Crippen LogP) is 14.9. The molecule has 56 heavy (non-hydrogen) atoms. The van der Waals surface area contributed by atoms with E-state index in [1.54, 1.807) is 60.7 Å². The largest absolute Gasteiger partial charge is 0.311 e. The van der Waals surface area contributed by atoms with Gasteiger partial charge in [-0.3, -0.25) is 0 Å². The number of benzene rings is 9. The van der Waals surface area contributed by atoms with E-state index in [-0.39, 0.29) is 70.8 Å². The molecule has 0 saturated heterocycles. The SMILES string of the molecule is [2H]c1c([2H])c(N(c2ccc(-c3ccc(-c4ccccc4-n4c5ccccc5c5ccccc54)cc3)cc2)c2c([2H])c([2H])c(-c3ccccc3)c([2H])c2[2H])c([2H])c([2H])c1-c1ccccc1. The molecule has 0 fully saturated rings. The first kappa shape index (κ1) is 25.6. The molecule has 0 N–H and O–H groups in total. The van der Waals surface area contributed by atoms with Crippen LogP contribution in [0, 0.1) is 0 Å². The molecule has 0 saturated carbocycles. The number of para-hydroxylation sites is 3. The summed E-state index contributed by atoms with van der Waals surface area (Å²) in [4.78, 5) is 1.34. The van der Waals surface area contributed by atoms with E-state index < -0.39 is 0 Å². The maximum atomic E-state index is 9.33. The van der Waals surface area contributed by atoms with Gasteiger partial charge in [0.1, 0.15) is 0 Å². The van der Waals surface area contributed by atoms with Crippen LogP contribution in [0.5, 0.6) is 0 Å². The number of anilines is 3. The molecule has 2 heteroatoms. The summed E-state index contributed by atoms with van der Waals surface area (Å²) < 4.78 is 76.2. The molecular weight excluding hydrogens is 677 g/mol. The van der Waals surface area contributed by atoms with Gasteiger partial charge in [0.25, 0.3) is 0 Å². The zero-order chi connectivity index (χ0) is 44.2. The first-order chi connectivity index (χ1) is 31.1. The minimum atomic E-state index is -0.385. The second-order valence-corrected chi connectivity index (χ2v) is 13.5. The molecule has 0 atom stereocenters. The van der Waals surface area contributed by atoms with Crippen molar-refractivity contribution in [1.29, 1.82) is 0 Å². The minimum absolute atomic E-state index is 0.120. The molecule has 9 aromatic carbocycles. The van der Waals surface area contributed by atoms with Gasteiger partial charge in [-0.25, -0.2) is 0 Å². The van der Waals surface area contributed by atoms with Gasteiger partial charge in [-0.05, 0) is 93.4 Å². The van der Waals surface area contributed by atoms with Gasteiger partial charge in [0.05, 0.1) is 27.7 Å². The number of fused-ring (bicyclic) bond motifs is 3. The van der Waals surface area contributed by atoms with Crippen LogP contribution in [0.3, 0.4) is 0 Å². The summed E-state index contributed by atoms with van der Waals surface area (Å²) in [6, 6.07) is 55.7. The molecule has 0 radical (unpaired) electrons. The summed E-state index contributed by atoms with van der Waals surface area (Å²) >= 11 is 0. The van der Waals surface area contributed by atoms with Gasteiger partial charge in [0.2, 0.25) is 0 Å². The summed E-state index contributed by atoms with van der Waals surface area (Å²) in [5, 5.41) is 2.38. The van der Waals surface area contributed by atoms with Crippen LogP contribution < -0.4 is 4.90 Å². The first-order valence-corrected chi connectivity index (χ1v) is 18.5. The fourth-order valence-electron chi connectivity index (χ4n) is 7.44. The third kappa shape index (κ3) is 6.14. The topological polar surface area (TPSA) is 8.17 Å². The summed E-state index contributed by atoms with van der Waals surface area (Å²) in [5.41, 5.74) is 8.41. The van der Waals surface area contributed by atoms with Crippen molar-refractivity contribution < 1.29 is 11.0 Å². The highest BCUT2D eigenvalue weighted by Gasteiger charge is 2.16. The Morgan fingerprint density at radius 1 is 0.304 bits per heavy atom. The Kier molecular flexibility index (Phi) is 6.59. The third-order valence-corrected chi connectivity index (χ3v) is 10.2. The van der Waals surface area contributed by atoms with Crippen molar-refractivity contribution >= 4 is 38.9 Å². The average Bonchev–Trinajstić information content (AvgIpc) is 3.67. The minimum Gasteiger partial charge on any atom is -0.311 e. The standard InChI is InChI=1S/C54H38N2/c1-3-13-39(14-4-1)42-27-33-46(34-28-42)55(47-35-29-43(30-36-47)40-15-5-2-6-16-40)48-37-31-44(32-38-48)41-23-25-45(26-24-41)49-17-7-10-20-52(49)56-53-21-11-8-18-50(53)51-19-9-12-22-54(51)56/h1-38H/i27D,28D,29D,30D,33D,34D,35D,36D. The summed E-state index contributed by atoms with van der Waals surface area (Å²) in [5.74, 6) is 0. The summed E-state index contributed by atoms with van der Waals surface area (Å²) in [7, 11) is 0. The summed E-state index contributed by atoms with van der Waals surface area (Å²) in [6.45, 7) is 0. The van der Waals surface area contributed by atoms with Crippen molar-refractivity contribution in [3.63, 3.8) is 0 Å². The molecule has 10 aromatic rings. The van der Waals surface area contributed by atoms with E-state index >= 15 is 0 Å². The van der Waals surface area contributed by atoms with Crippen molar-refractivity contribution in [1.82, 2.24) is 4.57 Å². The number of hydrogen-bond acceptors (Lipinski definition) is 1. The van der Waals surface area contributed by atoms with Crippen LogP contribution in [0.15, 0.2) is 230 Å². The van der Waals surface area contributed by atoms with E-state index in [4.69, 9.17) is 5.48 Å². The van der Waals surface area contributed by atoms with Crippen molar-refractivity contribution in [2.75, 3.05) is 4.90 Å². The van der Waals surface area contributed by atoms with Crippen LogP contribution in [-0.2, 0) is 0 Å². The Bertz CT molecular complexity index is 3190. The van der Waals surface area contributed by atoms with Crippen molar-refractivity contribution in [3.8, 4) is 50.2 Å². The number of nitrogens with zero attached hydrogens (tertiary/aromatic N) is 2. The van der Waals surface area contributed by atoms with E-state index in [2.05, 4.69) is 95.6 Å². The Hall–Kier alpha value is -7.42. The van der Waals surface area contributed by atoms with Crippen molar-refractivity contribution in [2.24, 2.45) is 0 Å². The molecule has 264 valence electrons. The monoisotopic (exact) mass is 722 g/mol. The van der Waals surface area contributed by atoms with Crippen molar-refractivity contribution in [2.45, 2.75) is 0 Å². The molecule has 0 aliphatic heterocycles. The molecule has 0 spiro atoms. The number of rotatable bonds is 8. The molecule has 2 nitrogen and oxygen atoms in total. The number of aromatic nitrogens is 1. The van der Waals surface area contributed by atoms with Gasteiger partial charge in [0.15, 0.2) is 0 Å². The fraction of sp³-hybridized carbons (Fsp3) is 0. The highest BCUT2D eigenvalue weighted by molar-refractivity contribution is 6.09. The molecule has 0 amide bonds. The predicted molar refractivity (Wildman–Crippen MR) is 237 cm³/mol. The van der Waals surface area contributed by atoms with Gasteiger partial charge in [-0.2, -0.15) is 0 Å². The lowest BCUT2D eigenvalue weighted by Gasteiger charge is -2.26. The highest BCUT2D eigenvalue weighted by Crippen LogP contribution is 2.39. The molecule has 1 aromatic heterocycles. The molecule has 10 rings (SSSR count). The van der Waals surface area contributed by atoms with Gasteiger partial charge >= 0.3 is 0 Å². The quantitative estimate of drug-likeness (QED) is 0.152. The first-order valence-electron chi connectivity index (χ1n) is 22.5. The lowest BCUT2D eigenvalue weighted by Crippen LogP contribution is -2.09. The van der Waals surface area contributed by atoms with E-state index in [0.717, 1.165) is 39.0 Å². The maximum Gasteiger partial charge on any atom is 0.0645 e.